The van der Waals surface area contributed by atoms with E-state index in [1.807, 2.05) is 6.07 Å². The van der Waals surface area contributed by atoms with Crippen molar-refractivity contribution in [3.63, 3.8) is 0 Å². The van der Waals surface area contributed by atoms with Crippen LogP contribution in [0.15, 0.2) is 217 Å². The van der Waals surface area contributed by atoms with Gasteiger partial charge in [0.05, 0.1) is 11.4 Å². The first-order valence-corrected chi connectivity index (χ1v) is 19.9. The third-order valence-electron chi connectivity index (χ3n) is 12.0. The molecule has 12 aromatic rings. The highest BCUT2D eigenvalue weighted by Crippen LogP contribution is 2.47. The van der Waals surface area contributed by atoms with Crippen LogP contribution in [-0.2, 0) is 0 Å². The molecule has 0 fully saturated rings. The van der Waals surface area contributed by atoms with E-state index in [-0.39, 0.29) is 0 Å². The normalized spacial score (nSPS) is 11.8. The van der Waals surface area contributed by atoms with Gasteiger partial charge < -0.3 is 9.32 Å². The molecule has 0 bridgehead atoms. The first kappa shape index (κ1) is 32.6. The predicted molar refractivity (Wildman–Crippen MR) is 247 cm³/mol. The van der Waals surface area contributed by atoms with Gasteiger partial charge in [0.1, 0.15) is 11.2 Å². The molecular formula is C56H35NO. The fraction of sp³-hybridized carbons (Fsp3) is 0. The fourth-order valence-corrected chi connectivity index (χ4v) is 9.29. The van der Waals surface area contributed by atoms with Crippen molar-refractivity contribution in [2.45, 2.75) is 0 Å². The smallest absolute Gasteiger partial charge is 0.145 e. The number of hydrogen-bond acceptors (Lipinski definition) is 2. The summed E-state index contributed by atoms with van der Waals surface area (Å²) < 4.78 is 6.72. The zero-order valence-electron chi connectivity index (χ0n) is 31.6. The Morgan fingerprint density at radius 2 is 0.845 bits per heavy atom. The summed E-state index contributed by atoms with van der Waals surface area (Å²) in [4.78, 5) is 2.43. The number of benzene rings is 11. The van der Waals surface area contributed by atoms with E-state index in [0.717, 1.165) is 49.8 Å². The van der Waals surface area contributed by atoms with Gasteiger partial charge in [-0.25, -0.2) is 0 Å². The monoisotopic (exact) mass is 737 g/mol. The number of nitrogens with zero attached hydrogens (tertiary/aromatic N) is 1. The van der Waals surface area contributed by atoms with Crippen molar-refractivity contribution in [1.82, 2.24) is 0 Å². The van der Waals surface area contributed by atoms with E-state index in [9.17, 15) is 0 Å². The molecule has 12 rings (SSSR count). The summed E-state index contributed by atoms with van der Waals surface area (Å²) in [6, 6.07) is 77.0. The van der Waals surface area contributed by atoms with Gasteiger partial charge >= 0.3 is 0 Å². The lowest BCUT2D eigenvalue weighted by atomic mass is 9.92. The predicted octanol–water partition coefficient (Wildman–Crippen LogP) is 16.2. The van der Waals surface area contributed by atoms with Crippen molar-refractivity contribution in [2.24, 2.45) is 0 Å². The molecule has 0 atom stereocenters. The van der Waals surface area contributed by atoms with Crippen LogP contribution in [0.4, 0.5) is 17.1 Å². The van der Waals surface area contributed by atoms with Gasteiger partial charge in [-0.1, -0.05) is 170 Å². The highest BCUT2D eigenvalue weighted by atomic mass is 16.3. The van der Waals surface area contributed by atoms with E-state index in [1.54, 1.807) is 0 Å². The Balaban J connectivity index is 1.03. The minimum atomic E-state index is 0.895. The number of para-hydroxylation sites is 1. The molecule has 0 spiro atoms. The van der Waals surface area contributed by atoms with Crippen LogP contribution < -0.4 is 4.90 Å². The van der Waals surface area contributed by atoms with E-state index in [4.69, 9.17) is 4.42 Å². The van der Waals surface area contributed by atoms with E-state index in [1.165, 1.54) is 65.3 Å². The Kier molecular flexibility index (Phi) is 7.26. The number of rotatable bonds is 5. The maximum Gasteiger partial charge on any atom is 0.145 e. The second-order valence-electron chi connectivity index (χ2n) is 15.2. The molecule has 0 saturated carbocycles. The Labute approximate surface area is 335 Å². The molecule has 2 heteroatoms. The van der Waals surface area contributed by atoms with Crippen LogP contribution in [-0.4, -0.2) is 0 Å². The van der Waals surface area contributed by atoms with Crippen LogP contribution >= 0.6 is 0 Å². The minimum absolute atomic E-state index is 0.895. The molecular weight excluding hydrogens is 703 g/mol. The molecule has 0 amide bonds. The summed E-state index contributed by atoms with van der Waals surface area (Å²) in [5, 5.41) is 14.4. The van der Waals surface area contributed by atoms with Crippen molar-refractivity contribution < 1.29 is 4.42 Å². The molecule has 58 heavy (non-hydrogen) atoms. The minimum Gasteiger partial charge on any atom is -0.455 e. The molecule has 0 unspecified atom stereocenters. The van der Waals surface area contributed by atoms with Gasteiger partial charge in [-0.2, -0.15) is 0 Å². The number of furan rings is 1. The second kappa shape index (κ2) is 12.9. The van der Waals surface area contributed by atoms with Crippen molar-refractivity contribution in [3.8, 4) is 22.3 Å². The molecule has 0 N–H and O–H groups in total. The van der Waals surface area contributed by atoms with Gasteiger partial charge in [0.2, 0.25) is 0 Å². The number of hydrogen-bond donors (Lipinski definition) is 0. The van der Waals surface area contributed by atoms with E-state index in [0.29, 0.717) is 0 Å². The van der Waals surface area contributed by atoms with Crippen LogP contribution in [0.3, 0.4) is 0 Å². The van der Waals surface area contributed by atoms with Crippen LogP contribution in [0.5, 0.6) is 0 Å². The van der Waals surface area contributed by atoms with Crippen LogP contribution in [0, 0.1) is 0 Å². The first-order chi connectivity index (χ1) is 28.8. The van der Waals surface area contributed by atoms with Crippen LogP contribution in [0.1, 0.15) is 0 Å². The van der Waals surface area contributed by atoms with Crippen molar-refractivity contribution in [3.05, 3.63) is 212 Å². The summed E-state index contributed by atoms with van der Waals surface area (Å²) in [6.07, 6.45) is 0. The second-order valence-corrected chi connectivity index (χ2v) is 15.2. The summed E-state index contributed by atoms with van der Waals surface area (Å²) >= 11 is 0. The Bertz CT molecular complexity index is 3560. The fourth-order valence-electron chi connectivity index (χ4n) is 9.29. The van der Waals surface area contributed by atoms with E-state index >= 15 is 0 Å². The molecule has 0 aliphatic heterocycles. The third-order valence-corrected chi connectivity index (χ3v) is 12.0. The molecule has 11 aromatic carbocycles. The molecule has 1 heterocycles. The molecule has 0 aliphatic rings. The first-order valence-electron chi connectivity index (χ1n) is 19.9. The summed E-state index contributed by atoms with van der Waals surface area (Å²) in [5.41, 5.74) is 9.87. The summed E-state index contributed by atoms with van der Waals surface area (Å²) in [6.45, 7) is 0. The molecule has 2 nitrogen and oxygen atoms in total. The van der Waals surface area contributed by atoms with Gasteiger partial charge in [0.15, 0.2) is 0 Å². The molecule has 0 aliphatic carbocycles. The van der Waals surface area contributed by atoms with Crippen LogP contribution in [0.2, 0.25) is 0 Å². The van der Waals surface area contributed by atoms with Crippen molar-refractivity contribution in [2.75, 3.05) is 4.90 Å². The topological polar surface area (TPSA) is 16.4 Å². The van der Waals surface area contributed by atoms with E-state index in [2.05, 4.69) is 211 Å². The lowest BCUT2D eigenvalue weighted by molar-refractivity contribution is 0.672. The Hall–Kier alpha value is -7.68. The van der Waals surface area contributed by atoms with Crippen molar-refractivity contribution in [1.29, 1.82) is 0 Å². The van der Waals surface area contributed by atoms with E-state index < -0.39 is 0 Å². The van der Waals surface area contributed by atoms with Gasteiger partial charge in [-0.05, 0) is 108 Å². The number of anilines is 3. The average molecular weight is 738 g/mol. The third kappa shape index (κ3) is 5.05. The quantitative estimate of drug-likeness (QED) is 0.164. The zero-order chi connectivity index (χ0) is 38.2. The van der Waals surface area contributed by atoms with Gasteiger partial charge in [0.25, 0.3) is 0 Å². The lowest BCUT2D eigenvalue weighted by Gasteiger charge is -2.29. The largest absolute Gasteiger partial charge is 0.455 e. The molecule has 0 saturated heterocycles. The Morgan fingerprint density at radius 3 is 1.57 bits per heavy atom. The summed E-state index contributed by atoms with van der Waals surface area (Å²) in [7, 11) is 0. The molecule has 0 radical (unpaired) electrons. The highest BCUT2D eigenvalue weighted by Gasteiger charge is 2.22. The van der Waals surface area contributed by atoms with Crippen molar-refractivity contribution >= 4 is 92.9 Å². The maximum absolute atomic E-state index is 6.72. The molecule has 270 valence electrons. The Morgan fingerprint density at radius 1 is 0.310 bits per heavy atom. The SMILES string of the molecule is c1ccc2c(c1)cc(-c1ccc(-c3ccc(N(c4cc5ccccc5c5ccccc45)c4cccc5ccc6c7ccccc7oc6c45)cc3)cc1)c1ccccc12. The lowest BCUT2D eigenvalue weighted by Crippen LogP contribution is -2.11. The van der Waals surface area contributed by atoms with Gasteiger partial charge in [-0.15, -0.1) is 0 Å². The maximum atomic E-state index is 6.72. The van der Waals surface area contributed by atoms with Gasteiger partial charge in [0, 0.05) is 27.2 Å². The zero-order valence-corrected chi connectivity index (χ0v) is 31.6. The van der Waals surface area contributed by atoms with Crippen LogP contribution in [0.25, 0.3) is 98.1 Å². The average Bonchev–Trinajstić information content (AvgIpc) is 3.68. The highest BCUT2D eigenvalue weighted by molar-refractivity contribution is 6.21. The van der Waals surface area contributed by atoms with Gasteiger partial charge in [-0.3, -0.25) is 0 Å². The number of fused-ring (bicyclic) bond motifs is 11. The standard InChI is InChI=1S/C56H35NO/c1-3-15-43-40(12-1)34-51(47-19-6-5-17-45(43)47)38-26-24-36(25-27-38)37-28-31-42(32-29-37)57(53-35-41-13-2-4-16-44(41)46-18-7-8-20-48(46)53)52-22-11-14-39-30-33-50-49-21-9-10-23-54(49)58-56(50)55(39)52/h1-35H. The summed E-state index contributed by atoms with van der Waals surface area (Å²) in [5.74, 6) is 0. The molecule has 1 aromatic heterocycles.